The van der Waals surface area contributed by atoms with Crippen LogP contribution in [0.25, 0.3) is 11.5 Å². The van der Waals surface area contributed by atoms with Gasteiger partial charge in [-0.2, -0.15) is 0 Å². The summed E-state index contributed by atoms with van der Waals surface area (Å²) in [7, 11) is 0. The highest BCUT2D eigenvalue weighted by Gasteiger charge is 2.12. The van der Waals surface area contributed by atoms with Gasteiger partial charge in [0.05, 0.1) is 6.26 Å². The van der Waals surface area contributed by atoms with Crippen molar-refractivity contribution in [1.82, 2.24) is 10.5 Å². The molecule has 0 atom stereocenters. The number of ether oxygens (including phenoxy) is 1. The van der Waals surface area contributed by atoms with Crippen molar-refractivity contribution in [3.8, 4) is 11.5 Å². The summed E-state index contributed by atoms with van der Waals surface area (Å²) in [4.78, 5) is 23.5. The summed E-state index contributed by atoms with van der Waals surface area (Å²) < 4.78 is 28.0. The fraction of sp³-hybridized carbons (Fsp3) is 0.118. The third-order valence-corrected chi connectivity index (χ3v) is 3.20. The van der Waals surface area contributed by atoms with Gasteiger partial charge in [0.15, 0.2) is 5.76 Å². The minimum absolute atomic E-state index is 0.102. The number of nitrogens with zero attached hydrogens (tertiary/aromatic N) is 1. The average molecular weight is 344 g/mol. The molecule has 0 aliphatic rings. The van der Waals surface area contributed by atoms with E-state index in [1.54, 1.807) is 18.2 Å². The maximum atomic E-state index is 12.8. The number of hydrogen-bond donors (Lipinski definition) is 1. The number of furan rings is 1. The number of esters is 1. The fourth-order valence-electron chi connectivity index (χ4n) is 1.98. The Morgan fingerprint density at radius 1 is 1.16 bits per heavy atom. The molecule has 1 aromatic carbocycles. The number of amides is 1. The van der Waals surface area contributed by atoms with E-state index < -0.39 is 17.7 Å². The van der Waals surface area contributed by atoms with Gasteiger partial charge in [0, 0.05) is 11.6 Å². The Balaban J connectivity index is 1.45. The summed E-state index contributed by atoms with van der Waals surface area (Å²) in [5.74, 6) is -0.661. The predicted octanol–water partition coefficient (Wildman–Crippen LogP) is 2.55. The van der Waals surface area contributed by atoms with Crippen LogP contribution < -0.4 is 5.32 Å². The average Bonchev–Trinajstić information content (AvgIpc) is 3.29. The van der Waals surface area contributed by atoms with E-state index >= 15 is 0 Å². The first-order chi connectivity index (χ1) is 12.1. The Morgan fingerprint density at radius 2 is 1.96 bits per heavy atom. The second-order valence-corrected chi connectivity index (χ2v) is 5.01. The summed E-state index contributed by atoms with van der Waals surface area (Å²) in [5, 5.41) is 6.15. The number of carbonyl (C=O) groups excluding carboxylic acids is 2. The summed E-state index contributed by atoms with van der Waals surface area (Å²) in [5.41, 5.74) is 0.651. The Hall–Kier alpha value is -3.42. The number of benzene rings is 1. The molecule has 0 fully saturated rings. The molecule has 8 heteroatoms. The lowest BCUT2D eigenvalue weighted by molar-refractivity contribution is -0.143. The third-order valence-electron chi connectivity index (χ3n) is 3.20. The summed E-state index contributed by atoms with van der Waals surface area (Å²) in [6.45, 7) is -0.422. The van der Waals surface area contributed by atoms with Crippen LogP contribution in [0.2, 0.25) is 0 Å². The van der Waals surface area contributed by atoms with Crippen molar-refractivity contribution in [2.75, 3.05) is 6.54 Å². The van der Waals surface area contributed by atoms with E-state index in [9.17, 15) is 14.0 Å². The predicted molar refractivity (Wildman–Crippen MR) is 82.7 cm³/mol. The Bertz CT molecular complexity index is 856. The highest BCUT2D eigenvalue weighted by molar-refractivity contribution is 5.95. The second-order valence-electron chi connectivity index (χ2n) is 5.01. The van der Waals surface area contributed by atoms with Crippen LogP contribution in [0.4, 0.5) is 4.39 Å². The zero-order chi connectivity index (χ0) is 17.6. The first kappa shape index (κ1) is 16.4. The van der Waals surface area contributed by atoms with Crippen LogP contribution in [0, 0.1) is 5.82 Å². The van der Waals surface area contributed by atoms with Crippen molar-refractivity contribution < 1.29 is 27.7 Å². The van der Waals surface area contributed by atoms with E-state index in [-0.39, 0.29) is 18.7 Å². The summed E-state index contributed by atoms with van der Waals surface area (Å²) in [6.07, 6.45) is 1.50. The van der Waals surface area contributed by atoms with Gasteiger partial charge >= 0.3 is 5.97 Å². The van der Waals surface area contributed by atoms with E-state index in [2.05, 4.69) is 10.5 Å². The molecular formula is C17H13FN2O5. The van der Waals surface area contributed by atoms with Crippen LogP contribution in [-0.2, 0) is 16.1 Å². The van der Waals surface area contributed by atoms with Gasteiger partial charge in [-0.05, 0) is 36.4 Å². The molecule has 2 aromatic heterocycles. The molecule has 0 unspecified atom stereocenters. The van der Waals surface area contributed by atoms with Crippen LogP contribution in [0.3, 0.4) is 0 Å². The SMILES string of the molecule is O=C(CNC(=O)c1ccc(F)cc1)OCc1cc(-c2ccco2)on1. The number of aromatic nitrogens is 1. The van der Waals surface area contributed by atoms with Gasteiger partial charge in [-0.1, -0.05) is 5.16 Å². The smallest absolute Gasteiger partial charge is 0.325 e. The van der Waals surface area contributed by atoms with Gasteiger partial charge in [0.25, 0.3) is 5.91 Å². The van der Waals surface area contributed by atoms with Crippen molar-refractivity contribution in [1.29, 1.82) is 0 Å². The van der Waals surface area contributed by atoms with E-state index in [0.717, 1.165) is 12.1 Å². The molecule has 0 aliphatic carbocycles. The molecule has 25 heavy (non-hydrogen) atoms. The third kappa shape index (κ3) is 4.31. The molecule has 0 saturated heterocycles. The molecule has 0 aliphatic heterocycles. The lowest BCUT2D eigenvalue weighted by Gasteiger charge is -2.05. The van der Waals surface area contributed by atoms with Gasteiger partial charge in [0.2, 0.25) is 5.76 Å². The number of rotatable bonds is 6. The maximum Gasteiger partial charge on any atom is 0.325 e. The molecule has 3 aromatic rings. The Labute approximate surface area is 141 Å². The molecule has 2 heterocycles. The minimum atomic E-state index is -0.641. The number of hydrogen-bond acceptors (Lipinski definition) is 6. The minimum Gasteiger partial charge on any atom is -0.461 e. The van der Waals surface area contributed by atoms with Gasteiger partial charge in [-0.3, -0.25) is 9.59 Å². The molecular weight excluding hydrogens is 331 g/mol. The van der Waals surface area contributed by atoms with E-state index in [1.165, 1.54) is 18.4 Å². The van der Waals surface area contributed by atoms with Crippen molar-refractivity contribution in [2.24, 2.45) is 0 Å². The van der Waals surface area contributed by atoms with Crippen LogP contribution >= 0.6 is 0 Å². The van der Waals surface area contributed by atoms with Gasteiger partial charge in [0.1, 0.15) is 24.7 Å². The monoisotopic (exact) mass is 344 g/mol. The number of carbonyl (C=O) groups is 2. The zero-order valence-electron chi connectivity index (χ0n) is 12.9. The van der Waals surface area contributed by atoms with Crippen molar-refractivity contribution in [2.45, 2.75) is 6.61 Å². The van der Waals surface area contributed by atoms with E-state index in [4.69, 9.17) is 13.7 Å². The highest BCUT2D eigenvalue weighted by Crippen LogP contribution is 2.20. The molecule has 128 valence electrons. The topological polar surface area (TPSA) is 94.6 Å². The van der Waals surface area contributed by atoms with Crippen LogP contribution in [0.15, 0.2) is 57.7 Å². The quantitative estimate of drug-likeness (QED) is 0.691. The Morgan fingerprint density at radius 3 is 2.68 bits per heavy atom. The maximum absolute atomic E-state index is 12.8. The standard InChI is InChI=1S/C17H13FN2O5/c18-12-5-3-11(4-6-12)17(22)19-9-16(21)24-10-13-8-15(25-20-13)14-2-1-7-23-14/h1-8H,9-10H2,(H,19,22). The zero-order valence-corrected chi connectivity index (χ0v) is 12.9. The molecule has 3 rings (SSSR count). The van der Waals surface area contributed by atoms with Crippen molar-refractivity contribution in [3.63, 3.8) is 0 Å². The molecule has 1 amide bonds. The van der Waals surface area contributed by atoms with Crippen LogP contribution in [0.1, 0.15) is 16.1 Å². The molecule has 7 nitrogen and oxygen atoms in total. The normalized spacial score (nSPS) is 10.4. The molecule has 0 spiro atoms. The first-order valence-corrected chi connectivity index (χ1v) is 7.30. The molecule has 0 radical (unpaired) electrons. The largest absolute Gasteiger partial charge is 0.461 e. The highest BCUT2D eigenvalue weighted by atomic mass is 19.1. The molecule has 1 N–H and O–H groups in total. The Kier molecular flexibility index (Phi) is 4.89. The van der Waals surface area contributed by atoms with Gasteiger partial charge in [-0.25, -0.2) is 4.39 Å². The lowest BCUT2D eigenvalue weighted by atomic mass is 10.2. The molecule has 0 saturated carbocycles. The summed E-state index contributed by atoms with van der Waals surface area (Å²) >= 11 is 0. The lowest BCUT2D eigenvalue weighted by Crippen LogP contribution is -2.30. The van der Waals surface area contributed by atoms with Crippen molar-refractivity contribution >= 4 is 11.9 Å². The van der Waals surface area contributed by atoms with Crippen LogP contribution in [-0.4, -0.2) is 23.6 Å². The van der Waals surface area contributed by atoms with Crippen LogP contribution in [0.5, 0.6) is 0 Å². The second kappa shape index (κ2) is 7.43. The van der Waals surface area contributed by atoms with Crippen molar-refractivity contribution in [3.05, 3.63) is 65.8 Å². The fourth-order valence-corrected chi connectivity index (χ4v) is 1.98. The van der Waals surface area contributed by atoms with Gasteiger partial charge in [-0.15, -0.1) is 0 Å². The van der Waals surface area contributed by atoms with Gasteiger partial charge < -0.3 is 19.0 Å². The van der Waals surface area contributed by atoms with E-state index in [1.807, 2.05) is 0 Å². The number of halogens is 1. The van der Waals surface area contributed by atoms with E-state index in [0.29, 0.717) is 17.2 Å². The first-order valence-electron chi connectivity index (χ1n) is 7.30. The summed E-state index contributed by atoms with van der Waals surface area (Å²) in [6, 6.07) is 9.97. The number of nitrogens with one attached hydrogen (secondary N) is 1. The molecule has 0 bridgehead atoms.